The fraction of sp³-hybridized carbons (Fsp3) is 0.560. The van der Waals surface area contributed by atoms with Crippen molar-refractivity contribution in [2.75, 3.05) is 26.2 Å². The Labute approximate surface area is 193 Å². The molecule has 0 bridgehead atoms. The van der Waals surface area contributed by atoms with E-state index in [2.05, 4.69) is 5.10 Å². The summed E-state index contributed by atoms with van der Waals surface area (Å²) in [6.07, 6.45) is 7.92. The van der Waals surface area contributed by atoms with Gasteiger partial charge in [0.15, 0.2) is 5.82 Å². The summed E-state index contributed by atoms with van der Waals surface area (Å²) in [6.45, 7) is 5.39. The van der Waals surface area contributed by atoms with E-state index in [1.807, 2.05) is 4.90 Å². The second-order valence-electron chi connectivity index (χ2n) is 9.27. The quantitative estimate of drug-likeness (QED) is 0.667. The molecule has 2 aliphatic rings. The molecule has 2 heterocycles. The Hall–Kier alpha value is -2.77. The summed E-state index contributed by atoms with van der Waals surface area (Å²) >= 11 is 0. The lowest BCUT2D eigenvalue weighted by Crippen LogP contribution is -2.50. The smallest absolute Gasteiger partial charge is 0.257 e. The van der Waals surface area contributed by atoms with Gasteiger partial charge >= 0.3 is 0 Å². The topological polar surface area (TPSA) is 58.4 Å². The van der Waals surface area contributed by atoms with Crippen molar-refractivity contribution in [2.24, 2.45) is 5.92 Å². The Morgan fingerprint density at radius 2 is 1.67 bits per heavy atom. The Bertz CT molecular complexity index is 1020. The van der Waals surface area contributed by atoms with Gasteiger partial charge in [0.2, 0.25) is 5.91 Å². The highest BCUT2D eigenvalue weighted by atomic mass is 19.1. The van der Waals surface area contributed by atoms with Gasteiger partial charge in [-0.25, -0.2) is 13.5 Å². The summed E-state index contributed by atoms with van der Waals surface area (Å²) in [7, 11) is 0. The van der Waals surface area contributed by atoms with Crippen LogP contribution in [0.4, 0.5) is 8.78 Å². The van der Waals surface area contributed by atoms with Crippen LogP contribution in [-0.2, 0) is 4.79 Å². The predicted octanol–water partition coefficient (Wildman–Crippen LogP) is 4.41. The molecule has 8 heteroatoms. The minimum Gasteiger partial charge on any atom is -0.339 e. The molecule has 0 spiro atoms. The number of aryl methyl sites for hydroxylation is 1. The molecule has 178 valence electrons. The number of nitrogens with zero attached hydrogens (tertiary/aromatic N) is 4. The van der Waals surface area contributed by atoms with Crippen LogP contribution in [0, 0.1) is 31.4 Å². The van der Waals surface area contributed by atoms with E-state index in [0.717, 1.165) is 12.5 Å². The highest BCUT2D eigenvalue weighted by molar-refractivity contribution is 5.96. The number of rotatable bonds is 5. The third-order valence-electron chi connectivity index (χ3n) is 7.05. The Kier molecular flexibility index (Phi) is 7.10. The molecule has 0 N–H and O–H groups in total. The molecule has 33 heavy (non-hydrogen) atoms. The maximum absolute atomic E-state index is 14.3. The summed E-state index contributed by atoms with van der Waals surface area (Å²) in [5, 5.41) is 4.34. The summed E-state index contributed by atoms with van der Waals surface area (Å²) in [5.74, 6) is -0.716. The summed E-state index contributed by atoms with van der Waals surface area (Å²) in [4.78, 5) is 29.5. The van der Waals surface area contributed by atoms with Crippen LogP contribution >= 0.6 is 0 Å². The molecule has 1 aliphatic carbocycles. The second-order valence-corrected chi connectivity index (χ2v) is 9.27. The van der Waals surface area contributed by atoms with E-state index in [9.17, 15) is 18.4 Å². The van der Waals surface area contributed by atoms with Crippen molar-refractivity contribution in [3.05, 3.63) is 46.8 Å². The number of halogens is 2. The molecule has 1 aromatic carbocycles. The second kappa shape index (κ2) is 10.0. The van der Waals surface area contributed by atoms with Crippen LogP contribution in [0.1, 0.15) is 66.7 Å². The maximum Gasteiger partial charge on any atom is 0.257 e. The van der Waals surface area contributed by atoms with E-state index in [-0.39, 0.29) is 17.5 Å². The third-order valence-corrected chi connectivity index (χ3v) is 7.05. The maximum atomic E-state index is 14.3. The lowest BCUT2D eigenvalue weighted by atomic mass is 9.86. The first-order valence-corrected chi connectivity index (χ1v) is 11.9. The average Bonchev–Trinajstić information content (AvgIpc) is 3.11. The van der Waals surface area contributed by atoms with Crippen LogP contribution in [0.3, 0.4) is 0 Å². The number of hydrogen-bond donors (Lipinski definition) is 0. The van der Waals surface area contributed by atoms with E-state index in [1.165, 1.54) is 48.9 Å². The highest BCUT2D eigenvalue weighted by Crippen LogP contribution is 2.28. The molecule has 1 aliphatic heterocycles. The third kappa shape index (κ3) is 5.09. The van der Waals surface area contributed by atoms with Crippen molar-refractivity contribution in [1.29, 1.82) is 0 Å². The highest BCUT2D eigenvalue weighted by Gasteiger charge is 2.29. The largest absolute Gasteiger partial charge is 0.339 e. The summed E-state index contributed by atoms with van der Waals surface area (Å²) < 4.78 is 28.9. The van der Waals surface area contributed by atoms with E-state index < -0.39 is 11.6 Å². The first kappa shape index (κ1) is 23.4. The van der Waals surface area contributed by atoms with Crippen LogP contribution in [0.25, 0.3) is 5.69 Å². The zero-order valence-electron chi connectivity index (χ0n) is 19.4. The molecule has 2 amide bonds. The van der Waals surface area contributed by atoms with Gasteiger partial charge in [-0.3, -0.25) is 9.59 Å². The van der Waals surface area contributed by atoms with Crippen molar-refractivity contribution in [1.82, 2.24) is 19.6 Å². The summed E-state index contributed by atoms with van der Waals surface area (Å²) in [6, 6.07) is 3.29. The number of piperazine rings is 1. The van der Waals surface area contributed by atoms with E-state index in [0.29, 0.717) is 55.5 Å². The zero-order chi connectivity index (χ0) is 23.5. The Morgan fingerprint density at radius 1 is 1.00 bits per heavy atom. The van der Waals surface area contributed by atoms with Crippen molar-refractivity contribution in [3.8, 4) is 5.69 Å². The van der Waals surface area contributed by atoms with Gasteiger partial charge in [-0.15, -0.1) is 0 Å². The molecule has 4 rings (SSSR count). The van der Waals surface area contributed by atoms with Crippen molar-refractivity contribution in [2.45, 2.75) is 58.8 Å². The Balaban J connectivity index is 1.37. The minimum atomic E-state index is -0.736. The number of amides is 2. The molecule has 1 saturated carbocycles. The van der Waals surface area contributed by atoms with E-state index >= 15 is 0 Å². The number of carbonyl (C=O) groups excluding carboxylic acids is 2. The number of hydrogen-bond acceptors (Lipinski definition) is 3. The fourth-order valence-corrected chi connectivity index (χ4v) is 5.12. The molecule has 1 saturated heterocycles. The van der Waals surface area contributed by atoms with Gasteiger partial charge in [-0.2, -0.15) is 5.10 Å². The lowest BCUT2D eigenvalue weighted by Gasteiger charge is -2.35. The van der Waals surface area contributed by atoms with Crippen molar-refractivity contribution >= 4 is 11.8 Å². The molecule has 2 fully saturated rings. The lowest BCUT2D eigenvalue weighted by molar-refractivity contribution is -0.133. The van der Waals surface area contributed by atoms with Crippen molar-refractivity contribution in [3.63, 3.8) is 0 Å². The Morgan fingerprint density at radius 3 is 2.33 bits per heavy atom. The van der Waals surface area contributed by atoms with Gasteiger partial charge in [0, 0.05) is 38.7 Å². The normalized spacial score (nSPS) is 17.5. The molecular formula is C25H32F2N4O2. The first-order valence-electron chi connectivity index (χ1n) is 11.9. The zero-order valence-corrected chi connectivity index (χ0v) is 19.4. The monoisotopic (exact) mass is 458 g/mol. The van der Waals surface area contributed by atoms with Gasteiger partial charge in [0.1, 0.15) is 11.5 Å². The average molecular weight is 459 g/mol. The van der Waals surface area contributed by atoms with Gasteiger partial charge < -0.3 is 9.80 Å². The predicted molar refractivity (Wildman–Crippen MR) is 121 cm³/mol. The van der Waals surface area contributed by atoms with E-state index in [1.54, 1.807) is 18.7 Å². The van der Waals surface area contributed by atoms with Gasteiger partial charge in [0.05, 0.1) is 17.0 Å². The molecule has 0 atom stereocenters. The molecule has 1 aromatic heterocycles. The van der Waals surface area contributed by atoms with Crippen LogP contribution in [0.5, 0.6) is 0 Å². The van der Waals surface area contributed by atoms with E-state index in [4.69, 9.17) is 0 Å². The minimum absolute atomic E-state index is 0.101. The van der Waals surface area contributed by atoms with Gasteiger partial charge in [0.25, 0.3) is 5.91 Å². The number of benzene rings is 1. The number of aromatic nitrogens is 2. The molecule has 0 radical (unpaired) electrons. The SMILES string of the molecule is Cc1nn(-c2ccc(F)cc2F)c(C)c1C(=O)N1CCN(C(=O)CCC2CCCCC2)CC1. The summed E-state index contributed by atoms with van der Waals surface area (Å²) in [5.41, 5.74) is 1.53. The first-order chi connectivity index (χ1) is 15.8. The number of carbonyl (C=O) groups is 2. The standard InChI is InChI=1S/C25H32F2N4O2/c1-17-24(18(2)31(28-17)22-10-9-20(26)16-21(22)27)25(33)30-14-12-29(13-15-30)23(32)11-8-19-6-4-3-5-7-19/h9-10,16,19H,3-8,11-15H2,1-2H3. The van der Waals surface area contributed by atoms with Crippen molar-refractivity contribution < 1.29 is 18.4 Å². The molecule has 2 aromatic rings. The van der Waals surface area contributed by atoms with Crippen LogP contribution < -0.4 is 0 Å². The van der Waals surface area contributed by atoms with Crippen LogP contribution in [0.2, 0.25) is 0 Å². The molecule has 6 nitrogen and oxygen atoms in total. The van der Waals surface area contributed by atoms with Gasteiger partial charge in [-0.05, 0) is 38.3 Å². The van der Waals surface area contributed by atoms with Crippen LogP contribution in [0.15, 0.2) is 18.2 Å². The van der Waals surface area contributed by atoms with Crippen LogP contribution in [-0.4, -0.2) is 57.6 Å². The fourth-order valence-electron chi connectivity index (χ4n) is 5.12. The molecule has 0 unspecified atom stereocenters. The van der Waals surface area contributed by atoms with Gasteiger partial charge in [-0.1, -0.05) is 32.1 Å². The molecular weight excluding hydrogens is 426 g/mol.